The highest BCUT2D eigenvalue weighted by Crippen LogP contribution is 2.35. The first kappa shape index (κ1) is 15.8. The van der Waals surface area contributed by atoms with Crippen molar-refractivity contribution in [3.63, 3.8) is 0 Å². The zero-order valence-electron chi connectivity index (χ0n) is 13.6. The third-order valence-electron chi connectivity index (χ3n) is 3.69. The van der Waals surface area contributed by atoms with Crippen LogP contribution in [0.25, 0.3) is 5.69 Å². The summed E-state index contributed by atoms with van der Waals surface area (Å²) in [7, 11) is 0. The van der Waals surface area contributed by atoms with Gasteiger partial charge in [0.1, 0.15) is 0 Å². The minimum Gasteiger partial charge on any atom is -0.302 e. The van der Waals surface area contributed by atoms with Crippen LogP contribution in [0, 0.1) is 5.41 Å². The molecule has 0 aliphatic carbocycles. The smallest absolute Gasteiger partial charge is 0.170 e. The van der Waals surface area contributed by atoms with Crippen molar-refractivity contribution in [2.24, 2.45) is 5.41 Å². The number of para-hydroxylation sites is 1. The van der Waals surface area contributed by atoms with Crippen molar-refractivity contribution >= 4 is 11.3 Å². The summed E-state index contributed by atoms with van der Waals surface area (Å²) in [5.41, 5.74) is 1.08. The number of hydrogen-bond donors (Lipinski definition) is 1. The highest BCUT2D eigenvalue weighted by Gasteiger charge is 2.27. The highest BCUT2D eigenvalue weighted by atomic mass is 32.1. The Morgan fingerprint density at radius 1 is 1.13 bits per heavy atom. The van der Waals surface area contributed by atoms with Crippen LogP contribution in [0.4, 0.5) is 0 Å². The van der Waals surface area contributed by atoms with Crippen LogP contribution < -0.4 is 5.32 Å². The van der Waals surface area contributed by atoms with Gasteiger partial charge in [-0.3, -0.25) is 0 Å². The molecule has 3 rings (SSSR count). The molecule has 0 fully saturated rings. The third kappa shape index (κ3) is 3.65. The summed E-state index contributed by atoms with van der Waals surface area (Å²) in [4.78, 5) is 1.33. The molecule has 3 aromatic rings. The van der Waals surface area contributed by atoms with E-state index in [-0.39, 0.29) is 11.5 Å². The molecular weight excluding hydrogens is 306 g/mol. The highest BCUT2D eigenvalue weighted by molar-refractivity contribution is 7.10. The van der Waals surface area contributed by atoms with Gasteiger partial charge in [0.25, 0.3) is 0 Å². The molecule has 6 heteroatoms. The van der Waals surface area contributed by atoms with E-state index in [4.69, 9.17) is 0 Å². The summed E-state index contributed by atoms with van der Waals surface area (Å²) in [6, 6.07) is 14.5. The Morgan fingerprint density at radius 3 is 2.57 bits per heavy atom. The molecule has 0 bridgehead atoms. The summed E-state index contributed by atoms with van der Waals surface area (Å²) in [6.07, 6.45) is 0. The largest absolute Gasteiger partial charge is 0.302 e. The second-order valence-corrected chi connectivity index (χ2v) is 7.52. The Hall–Kier alpha value is -2.05. The lowest BCUT2D eigenvalue weighted by molar-refractivity contribution is 0.272. The van der Waals surface area contributed by atoms with Crippen molar-refractivity contribution in [2.75, 3.05) is 0 Å². The number of rotatable bonds is 5. The molecule has 0 saturated carbocycles. The normalized spacial score (nSPS) is 13.2. The van der Waals surface area contributed by atoms with Crippen molar-refractivity contribution in [3.8, 4) is 5.69 Å². The van der Waals surface area contributed by atoms with Crippen LogP contribution in [0.15, 0.2) is 47.8 Å². The Labute approximate surface area is 140 Å². The Kier molecular flexibility index (Phi) is 4.54. The number of aromatic nitrogens is 4. The number of tetrazole rings is 1. The minimum atomic E-state index is 0.107. The number of hydrogen-bond acceptors (Lipinski definition) is 5. The van der Waals surface area contributed by atoms with Gasteiger partial charge in [-0.1, -0.05) is 45.0 Å². The predicted octanol–water partition coefficient (Wildman–Crippen LogP) is 3.60. The van der Waals surface area contributed by atoms with E-state index in [1.54, 1.807) is 16.0 Å². The average molecular weight is 327 g/mol. The van der Waals surface area contributed by atoms with Crippen LogP contribution in [0.2, 0.25) is 0 Å². The van der Waals surface area contributed by atoms with Crippen molar-refractivity contribution in [3.05, 3.63) is 58.5 Å². The Balaban J connectivity index is 1.79. The van der Waals surface area contributed by atoms with Crippen LogP contribution in [0.3, 0.4) is 0 Å². The molecule has 0 aliphatic rings. The van der Waals surface area contributed by atoms with Crippen LogP contribution in [-0.4, -0.2) is 20.2 Å². The van der Waals surface area contributed by atoms with Crippen LogP contribution in [0.1, 0.15) is 37.5 Å². The first-order valence-electron chi connectivity index (χ1n) is 7.65. The van der Waals surface area contributed by atoms with Gasteiger partial charge >= 0.3 is 0 Å². The lowest BCUT2D eigenvalue weighted by Gasteiger charge is -2.30. The van der Waals surface area contributed by atoms with E-state index in [0.29, 0.717) is 6.54 Å². The Bertz CT molecular complexity index is 728. The standard InChI is InChI=1S/C17H21N5S/c1-17(2,3)16(14-10-7-11-23-14)18-12-15-19-20-21-22(15)13-8-5-4-6-9-13/h4-11,16,18H,12H2,1-3H3. The maximum atomic E-state index is 4.17. The second-order valence-electron chi connectivity index (χ2n) is 6.54. The van der Waals surface area contributed by atoms with E-state index in [9.17, 15) is 0 Å². The summed E-state index contributed by atoms with van der Waals surface area (Å²) < 4.78 is 1.78. The fourth-order valence-corrected chi connectivity index (χ4v) is 3.61. The SMILES string of the molecule is CC(C)(C)C(NCc1nnnn1-c1ccccc1)c1cccs1. The van der Waals surface area contributed by atoms with Crippen LogP contribution in [-0.2, 0) is 6.54 Å². The maximum absolute atomic E-state index is 4.17. The lowest BCUT2D eigenvalue weighted by atomic mass is 9.86. The van der Waals surface area contributed by atoms with E-state index in [1.165, 1.54) is 4.88 Å². The van der Waals surface area contributed by atoms with Gasteiger partial charge < -0.3 is 5.32 Å². The maximum Gasteiger partial charge on any atom is 0.170 e. The quantitative estimate of drug-likeness (QED) is 0.778. The first-order chi connectivity index (χ1) is 11.1. The lowest BCUT2D eigenvalue weighted by Crippen LogP contribution is -2.32. The zero-order valence-corrected chi connectivity index (χ0v) is 14.4. The molecule has 5 nitrogen and oxygen atoms in total. The molecule has 23 heavy (non-hydrogen) atoms. The van der Waals surface area contributed by atoms with Gasteiger partial charge in [-0.05, 0) is 39.4 Å². The van der Waals surface area contributed by atoms with Gasteiger partial charge in [-0.2, -0.15) is 4.68 Å². The number of benzene rings is 1. The summed E-state index contributed by atoms with van der Waals surface area (Å²) >= 11 is 1.77. The van der Waals surface area contributed by atoms with E-state index < -0.39 is 0 Å². The van der Waals surface area contributed by atoms with Gasteiger partial charge in [-0.15, -0.1) is 16.4 Å². The molecule has 1 N–H and O–H groups in total. The van der Waals surface area contributed by atoms with Gasteiger partial charge in [0, 0.05) is 10.9 Å². The molecule has 2 heterocycles. The number of nitrogens with one attached hydrogen (secondary N) is 1. The molecule has 1 aromatic carbocycles. The summed E-state index contributed by atoms with van der Waals surface area (Å²) in [5.74, 6) is 0.807. The van der Waals surface area contributed by atoms with Crippen molar-refractivity contribution in [1.82, 2.24) is 25.5 Å². The molecule has 1 unspecified atom stereocenters. The molecule has 0 saturated heterocycles. The van der Waals surface area contributed by atoms with Gasteiger partial charge in [0.2, 0.25) is 0 Å². The zero-order chi connectivity index (χ0) is 16.3. The van der Waals surface area contributed by atoms with Gasteiger partial charge in [0.05, 0.1) is 12.2 Å². The van der Waals surface area contributed by atoms with Crippen LogP contribution in [0.5, 0.6) is 0 Å². The van der Waals surface area contributed by atoms with E-state index in [0.717, 1.165) is 11.5 Å². The molecule has 0 radical (unpaired) electrons. The molecule has 120 valence electrons. The number of thiophene rings is 1. The van der Waals surface area contributed by atoms with E-state index >= 15 is 0 Å². The Morgan fingerprint density at radius 2 is 1.91 bits per heavy atom. The molecule has 1 atom stereocenters. The molecule has 0 amide bonds. The molecule has 2 aromatic heterocycles. The molecular formula is C17H21N5S. The molecule has 0 aliphatic heterocycles. The fraction of sp³-hybridized carbons (Fsp3) is 0.353. The van der Waals surface area contributed by atoms with Gasteiger partial charge in [0.15, 0.2) is 5.82 Å². The van der Waals surface area contributed by atoms with Crippen molar-refractivity contribution in [2.45, 2.75) is 33.4 Å². The third-order valence-corrected chi connectivity index (χ3v) is 4.63. The van der Waals surface area contributed by atoms with Gasteiger partial charge in [-0.25, -0.2) is 0 Å². The van der Waals surface area contributed by atoms with E-state index in [2.05, 4.69) is 59.1 Å². The second kappa shape index (κ2) is 6.60. The number of nitrogens with zero attached hydrogens (tertiary/aromatic N) is 4. The van der Waals surface area contributed by atoms with Crippen molar-refractivity contribution < 1.29 is 0 Å². The van der Waals surface area contributed by atoms with E-state index in [1.807, 2.05) is 30.3 Å². The summed E-state index contributed by atoms with van der Waals surface area (Å²) in [5, 5.41) is 17.8. The monoisotopic (exact) mass is 327 g/mol. The van der Waals surface area contributed by atoms with Crippen LogP contribution >= 0.6 is 11.3 Å². The molecule has 0 spiro atoms. The fourth-order valence-electron chi connectivity index (χ4n) is 2.57. The topological polar surface area (TPSA) is 55.6 Å². The first-order valence-corrected chi connectivity index (χ1v) is 8.53. The average Bonchev–Trinajstić information content (AvgIpc) is 3.18. The predicted molar refractivity (Wildman–Crippen MR) is 92.5 cm³/mol. The van der Waals surface area contributed by atoms with Crippen molar-refractivity contribution in [1.29, 1.82) is 0 Å². The minimum absolute atomic E-state index is 0.107. The summed E-state index contributed by atoms with van der Waals surface area (Å²) in [6.45, 7) is 7.33.